The van der Waals surface area contributed by atoms with Crippen molar-refractivity contribution in [1.82, 2.24) is 5.32 Å². The van der Waals surface area contributed by atoms with E-state index in [1.54, 1.807) is 0 Å². The van der Waals surface area contributed by atoms with Gasteiger partial charge in [-0.1, -0.05) is 54.6 Å². The van der Waals surface area contributed by atoms with Gasteiger partial charge in [-0.05, 0) is 56.4 Å². The third-order valence-corrected chi connectivity index (χ3v) is 9.04. The smallest absolute Gasteiger partial charge is 0.112 e. The highest BCUT2D eigenvalue weighted by Gasteiger charge is 2.44. The molecule has 4 heteroatoms. The summed E-state index contributed by atoms with van der Waals surface area (Å²) in [7, 11) is 0.412. The average Bonchev–Trinajstić information content (AvgIpc) is 2.68. The number of hydrogen-bond donors (Lipinski definition) is 1. The summed E-state index contributed by atoms with van der Waals surface area (Å²) in [6, 6.07) is 33.3. The van der Waals surface area contributed by atoms with E-state index in [2.05, 4.69) is 96.3 Å². The van der Waals surface area contributed by atoms with Crippen LogP contribution in [0.2, 0.25) is 0 Å². The van der Waals surface area contributed by atoms with Gasteiger partial charge in [-0.2, -0.15) is 0 Å². The Labute approximate surface area is 179 Å². The van der Waals surface area contributed by atoms with Gasteiger partial charge >= 0.3 is 0 Å². The van der Waals surface area contributed by atoms with Crippen molar-refractivity contribution in [1.29, 1.82) is 0 Å². The van der Waals surface area contributed by atoms with Crippen LogP contribution in [0.1, 0.15) is 6.42 Å². The van der Waals surface area contributed by atoms with Crippen molar-refractivity contribution in [2.75, 3.05) is 19.8 Å². The number of halogens is 2. The Morgan fingerprint density at radius 1 is 0.615 bits per heavy atom. The molecule has 0 aliphatic rings. The van der Waals surface area contributed by atoms with Gasteiger partial charge in [0.05, 0.1) is 6.16 Å². The molecule has 0 amide bonds. The molecule has 3 aromatic rings. The van der Waals surface area contributed by atoms with Gasteiger partial charge in [-0.3, -0.25) is 0 Å². The molecule has 0 atom stereocenters. The third-order valence-electron chi connectivity index (χ3n) is 4.51. The fourth-order valence-corrected chi connectivity index (χ4v) is 7.72. The summed E-state index contributed by atoms with van der Waals surface area (Å²) in [4.78, 5) is 0. The van der Waals surface area contributed by atoms with Crippen LogP contribution >= 0.6 is 41.2 Å². The second kappa shape index (κ2) is 11.7. The molecule has 0 aromatic heterocycles. The minimum absolute atomic E-state index is 0. The molecule has 0 bridgehead atoms. The molecule has 0 aliphatic heterocycles. The van der Waals surface area contributed by atoms with Crippen LogP contribution in [0.4, 0.5) is 0 Å². The molecule has 0 heterocycles. The van der Waals surface area contributed by atoms with Crippen molar-refractivity contribution in [3.8, 4) is 0 Å². The van der Waals surface area contributed by atoms with Crippen LogP contribution in [-0.4, -0.2) is 19.8 Å². The Balaban J connectivity index is 0.00000169. The van der Waals surface area contributed by atoms with E-state index in [9.17, 15) is 0 Å². The Bertz CT molecular complexity index is 639. The van der Waals surface area contributed by atoms with E-state index in [1.165, 1.54) is 28.5 Å². The van der Waals surface area contributed by atoms with Gasteiger partial charge in [-0.15, -0.1) is 34.0 Å². The fourth-order valence-electron chi connectivity index (χ4n) is 3.37. The van der Waals surface area contributed by atoms with E-state index in [0.29, 0.717) is 0 Å². The van der Waals surface area contributed by atoms with Gasteiger partial charge in [-0.25, -0.2) is 0 Å². The number of hydrogen-bond acceptors (Lipinski definition) is 1. The lowest BCUT2D eigenvalue weighted by Crippen LogP contribution is -2.34. The molecule has 0 saturated carbocycles. The van der Waals surface area contributed by atoms with Gasteiger partial charge in [0.25, 0.3) is 0 Å². The Morgan fingerprint density at radius 3 is 1.27 bits per heavy atom. The summed E-state index contributed by atoms with van der Waals surface area (Å²) < 4.78 is 0. The van der Waals surface area contributed by atoms with E-state index in [0.717, 1.165) is 6.54 Å². The molecule has 0 aliphatic carbocycles. The minimum Gasteiger partial charge on any atom is -0.320 e. The van der Waals surface area contributed by atoms with Crippen LogP contribution in [0.25, 0.3) is 0 Å². The summed E-state index contributed by atoms with van der Waals surface area (Å²) in [6.07, 6.45) is 2.36. The molecule has 0 fully saturated rings. The summed E-state index contributed by atoms with van der Waals surface area (Å²) in [6.45, 7) is 1.05. The van der Waals surface area contributed by atoms with Crippen LogP contribution in [-0.2, 0) is 0 Å². The Hall–Kier alpha value is -0.990. The van der Waals surface area contributed by atoms with E-state index >= 15 is 0 Å². The SMILES string of the molecule is Br.Br.CNCCC[P+](c1ccccc1)(c1ccccc1)c1ccccc1. The van der Waals surface area contributed by atoms with Crippen molar-refractivity contribution in [2.24, 2.45) is 0 Å². The maximum absolute atomic E-state index is 3.31. The standard InChI is InChI=1S/C22H25NP.2BrH/c1-23-18-11-19-24(20-12-5-2-6-13-20,21-14-7-3-8-15-21)22-16-9-4-10-17-22;;/h2-10,12-17,23H,11,18-19H2,1H3;2*1H/q+1;;. The third kappa shape index (κ3) is 5.04. The molecular weight excluding hydrogens is 469 g/mol. The molecule has 0 spiro atoms. The van der Waals surface area contributed by atoms with E-state index < -0.39 is 7.26 Å². The van der Waals surface area contributed by atoms with Gasteiger partial charge in [0.15, 0.2) is 0 Å². The fraction of sp³-hybridized carbons (Fsp3) is 0.182. The molecule has 26 heavy (non-hydrogen) atoms. The lowest BCUT2D eigenvalue weighted by atomic mass is 10.3. The highest BCUT2D eigenvalue weighted by atomic mass is 79.9. The first-order valence-corrected chi connectivity index (χ1v) is 10.5. The molecule has 0 radical (unpaired) electrons. The topological polar surface area (TPSA) is 12.0 Å². The van der Waals surface area contributed by atoms with Crippen LogP contribution in [0.15, 0.2) is 91.0 Å². The predicted molar refractivity (Wildman–Crippen MR) is 129 cm³/mol. The highest BCUT2D eigenvalue weighted by molar-refractivity contribution is 8.93. The molecule has 3 rings (SSSR count). The van der Waals surface area contributed by atoms with Gasteiger partial charge in [0.1, 0.15) is 23.2 Å². The quantitative estimate of drug-likeness (QED) is 0.368. The second-order valence-corrected chi connectivity index (χ2v) is 9.61. The number of nitrogens with one attached hydrogen (secondary N) is 1. The first-order chi connectivity index (χ1) is 11.9. The monoisotopic (exact) mass is 494 g/mol. The van der Waals surface area contributed by atoms with Crippen LogP contribution in [0.3, 0.4) is 0 Å². The Kier molecular flexibility index (Phi) is 10.3. The number of rotatable bonds is 7. The minimum atomic E-state index is -1.62. The predicted octanol–water partition coefficient (Wildman–Crippen LogP) is 4.75. The van der Waals surface area contributed by atoms with Crippen LogP contribution < -0.4 is 21.2 Å². The molecule has 1 nitrogen and oxygen atoms in total. The average molecular weight is 496 g/mol. The zero-order valence-electron chi connectivity index (χ0n) is 15.0. The summed E-state index contributed by atoms with van der Waals surface area (Å²) >= 11 is 0. The van der Waals surface area contributed by atoms with Crippen molar-refractivity contribution >= 4 is 57.1 Å². The van der Waals surface area contributed by atoms with Gasteiger partial charge in [0.2, 0.25) is 0 Å². The summed E-state index contributed by atoms with van der Waals surface area (Å²) in [5.41, 5.74) is 0. The van der Waals surface area contributed by atoms with Gasteiger partial charge < -0.3 is 5.32 Å². The van der Waals surface area contributed by atoms with Crippen molar-refractivity contribution in [3.63, 3.8) is 0 Å². The molecule has 138 valence electrons. The zero-order chi connectivity index (χ0) is 16.7. The van der Waals surface area contributed by atoms with Crippen LogP contribution in [0.5, 0.6) is 0 Å². The van der Waals surface area contributed by atoms with E-state index in [1.807, 2.05) is 7.05 Å². The zero-order valence-corrected chi connectivity index (χ0v) is 19.4. The van der Waals surface area contributed by atoms with Crippen molar-refractivity contribution < 1.29 is 0 Å². The lowest BCUT2D eigenvalue weighted by Gasteiger charge is -2.27. The molecule has 0 unspecified atom stereocenters. The molecule has 0 saturated heterocycles. The maximum atomic E-state index is 3.31. The highest BCUT2D eigenvalue weighted by Crippen LogP contribution is 2.55. The maximum Gasteiger partial charge on any atom is 0.112 e. The lowest BCUT2D eigenvalue weighted by molar-refractivity contribution is 0.776. The molecule has 3 aromatic carbocycles. The van der Waals surface area contributed by atoms with Gasteiger partial charge in [0, 0.05) is 0 Å². The number of benzene rings is 3. The Morgan fingerprint density at radius 2 is 0.962 bits per heavy atom. The van der Waals surface area contributed by atoms with E-state index in [4.69, 9.17) is 0 Å². The molecule has 1 N–H and O–H groups in total. The molecular formula is C22H27Br2NP+. The van der Waals surface area contributed by atoms with Crippen LogP contribution in [0, 0.1) is 0 Å². The summed E-state index contributed by atoms with van der Waals surface area (Å²) in [5, 5.41) is 7.72. The van der Waals surface area contributed by atoms with Crippen molar-refractivity contribution in [2.45, 2.75) is 6.42 Å². The first kappa shape index (κ1) is 23.0. The summed E-state index contributed by atoms with van der Waals surface area (Å²) in [5.74, 6) is 0. The first-order valence-electron chi connectivity index (χ1n) is 8.57. The van der Waals surface area contributed by atoms with Crippen molar-refractivity contribution in [3.05, 3.63) is 91.0 Å². The normalized spacial score (nSPS) is 10.5. The second-order valence-electron chi connectivity index (χ2n) is 6.00. The van der Waals surface area contributed by atoms with E-state index in [-0.39, 0.29) is 34.0 Å². The largest absolute Gasteiger partial charge is 0.320 e.